The largest absolute Gasteiger partial charge is 0.462 e. The lowest BCUT2D eigenvalue weighted by atomic mass is 10.0. The van der Waals surface area contributed by atoms with E-state index in [0.717, 1.165) is 69.6 Å². The van der Waals surface area contributed by atoms with Crippen LogP contribution in [0.2, 0.25) is 0 Å². The molecule has 0 aliphatic carbocycles. The quantitative estimate of drug-likeness (QED) is 0.0347. The molecule has 6 heteroatoms. The monoisotopic (exact) mass is 793 g/mol. The summed E-state index contributed by atoms with van der Waals surface area (Å²) in [5, 5.41) is 0. The standard InChI is InChI=1S/C50H96O6/c1-6-7-8-9-10-11-20-26-32-37-42-50(53)56-47(44-55-49(52)41-36-31-27-22-24-29-34-39-46(4)5)43-54-48(51)40-35-30-25-21-18-16-14-12-13-15-17-19-23-28-33-38-45(2)3/h45-47H,6-44H2,1-5H3/t47-/m1/s1. The lowest BCUT2D eigenvalue weighted by Crippen LogP contribution is -2.30. The van der Waals surface area contributed by atoms with Crippen molar-refractivity contribution in [3.8, 4) is 0 Å². The van der Waals surface area contributed by atoms with Crippen molar-refractivity contribution in [2.24, 2.45) is 11.8 Å². The van der Waals surface area contributed by atoms with Crippen molar-refractivity contribution < 1.29 is 28.6 Å². The Labute approximate surface area is 348 Å². The fourth-order valence-corrected chi connectivity index (χ4v) is 7.46. The second kappa shape index (κ2) is 43.0. The first-order valence-electron chi connectivity index (χ1n) is 24.7. The highest BCUT2D eigenvalue weighted by atomic mass is 16.6. The summed E-state index contributed by atoms with van der Waals surface area (Å²) >= 11 is 0. The van der Waals surface area contributed by atoms with Gasteiger partial charge in [0.2, 0.25) is 0 Å². The maximum atomic E-state index is 12.7. The van der Waals surface area contributed by atoms with Crippen molar-refractivity contribution in [3.05, 3.63) is 0 Å². The molecule has 1 atom stereocenters. The second-order valence-electron chi connectivity index (χ2n) is 18.1. The predicted octanol–water partition coefficient (Wildman–Crippen LogP) is 15.8. The van der Waals surface area contributed by atoms with Crippen LogP contribution < -0.4 is 0 Å². The molecule has 0 bridgehead atoms. The van der Waals surface area contributed by atoms with Crippen LogP contribution in [0.25, 0.3) is 0 Å². The third-order valence-corrected chi connectivity index (χ3v) is 11.2. The van der Waals surface area contributed by atoms with Crippen molar-refractivity contribution in [1.29, 1.82) is 0 Å². The van der Waals surface area contributed by atoms with Crippen LogP contribution in [0.5, 0.6) is 0 Å². The number of esters is 3. The molecule has 0 amide bonds. The van der Waals surface area contributed by atoms with Crippen LogP contribution >= 0.6 is 0 Å². The van der Waals surface area contributed by atoms with Gasteiger partial charge in [-0.15, -0.1) is 0 Å². The molecule has 0 aromatic heterocycles. The van der Waals surface area contributed by atoms with E-state index in [0.29, 0.717) is 19.3 Å². The summed E-state index contributed by atoms with van der Waals surface area (Å²) in [5.41, 5.74) is 0. The van der Waals surface area contributed by atoms with Gasteiger partial charge in [0.05, 0.1) is 0 Å². The molecule has 0 radical (unpaired) electrons. The summed E-state index contributed by atoms with van der Waals surface area (Å²) in [6.45, 7) is 11.3. The Morgan fingerprint density at radius 1 is 0.339 bits per heavy atom. The van der Waals surface area contributed by atoms with E-state index >= 15 is 0 Å². The number of carbonyl (C=O) groups excluding carboxylic acids is 3. The fourth-order valence-electron chi connectivity index (χ4n) is 7.46. The van der Waals surface area contributed by atoms with Crippen molar-refractivity contribution >= 4 is 17.9 Å². The first kappa shape index (κ1) is 54.4. The zero-order valence-electron chi connectivity index (χ0n) is 38.3. The van der Waals surface area contributed by atoms with E-state index in [1.807, 2.05) is 0 Å². The lowest BCUT2D eigenvalue weighted by molar-refractivity contribution is -0.167. The Balaban J connectivity index is 4.23. The normalized spacial score (nSPS) is 12.1. The van der Waals surface area contributed by atoms with Crippen LogP contribution in [0.3, 0.4) is 0 Å². The summed E-state index contributed by atoms with van der Waals surface area (Å²) in [6, 6.07) is 0. The van der Waals surface area contributed by atoms with Gasteiger partial charge in [-0.05, 0) is 31.1 Å². The van der Waals surface area contributed by atoms with Crippen LogP contribution in [-0.4, -0.2) is 37.2 Å². The highest BCUT2D eigenvalue weighted by Crippen LogP contribution is 2.17. The first-order valence-corrected chi connectivity index (χ1v) is 24.7. The van der Waals surface area contributed by atoms with Crippen LogP contribution in [0, 0.1) is 11.8 Å². The van der Waals surface area contributed by atoms with E-state index in [4.69, 9.17) is 14.2 Å². The Hall–Kier alpha value is -1.59. The molecule has 0 saturated heterocycles. The lowest BCUT2D eigenvalue weighted by Gasteiger charge is -2.18. The minimum Gasteiger partial charge on any atom is -0.462 e. The molecule has 6 nitrogen and oxygen atoms in total. The average Bonchev–Trinajstić information content (AvgIpc) is 3.16. The van der Waals surface area contributed by atoms with E-state index in [1.54, 1.807) is 0 Å². The molecule has 0 aliphatic rings. The Kier molecular flexibility index (Phi) is 41.8. The fraction of sp³-hybridized carbons (Fsp3) is 0.940. The number of unbranched alkanes of at least 4 members (excludes halogenated alkanes) is 29. The molecule has 0 fully saturated rings. The molecule has 0 aromatic carbocycles. The smallest absolute Gasteiger partial charge is 0.306 e. The second-order valence-corrected chi connectivity index (χ2v) is 18.1. The van der Waals surface area contributed by atoms with Crippen LogP contribution in [0.4, 0.5) is 0 Å². The number of carbonyl (C=O) groups is 3. The van der Waals surface area contributed by atoms with Crippen LogP contribution in [0.15, 0.2) is 0 Å². The van der Waals surface area contributed by atoms with E-state index < -0.39 is 6.10 Å². The maximum Gasteiger partial charge on any atom is 0.306 e. The summed E-state index contributed by atoms with van der Waals surface area (Å²) in [4.78, 5) is 37.8. The van der Waals surface area contributed by atoms with Gasteiger partial charge in [-0.3, -0.25) is 14.4 Å². The number of hydrogen-bond donors (Lipinski definition) is 0. The third kappa shape index (κ3) is 43.5. The van der Waals surface area contributed by atoms with Gasteiger partial charge < -0.3 is 14.2 Å². The van der Waals surface area contributed by atoms with Gasteiger partial charge in [0.15, 0.2) is 6.10 Å². The van der Waals surface area contributed by atoms with E-state index in [2.05, 4.69) is 34.6 Å². The molecule has 0 aliphatic heterocycles. The highest BCUT2D eigenvalue weighted by molar-refractivity contribution is 5.71. The summed E-state index contributed by atoms with van der Waals surface area (Å²) in [7, 11) is 0. The topological polar surface area (TPSA) is 78.9 Å². The molecule has 56 heavy (non-hydrogen) atoms. The van der Waals surface area contributed by atoms with Gasteiger partial charge in [0.25, 0.3) is 0 Å². The van der Waals surface area contributed by atoms with E-state index in [9.17, 15) is 14.4 Å². The zero-order chi connectivity index (χ0) is 41.2. The third-order valence-electron chi connectivity index (χ3n) is 11.2. The van der Waals surface area contributed by atoms with Gasteiger partial charge in [0.1, 0.15) is 13.2 Å². The maximum absolute atomic E-state index is 12.7. The molecule has 0 heterocycles. The van der Waals surface area contributed by atoms with Crippen molar-refractivity contribution in [2.45, 2.75) is 278 Å². The van der Waals surface area contributed by atoms with Crippen LogP contribution in [-0.2, 0) is 28.6 Å². The van der Waals surface area contributed by atoms with Crippen molar-refractivity contribution in [2.75, 3.05) is 13.2 Å². The molecule has 0 unspecified atom stereocenters. The molecule has 0 spiro atoms. The van der Waals surface area contributed by atoms with Gasteiger partial charge in [-0.1, -0.05) is 234 Å². The predicted molar refractivity (Wildman–Crippen MR) is 238 cm³/mol. The highest BCUT2D eigenvalue weighted by Gasteiger charge is 2.19. The number of ether oxygens (including phenoxy) is 3. The van der Waals surface area contributed by atoms with Gasteiger partial charge in [-0.2, -0.15) is 0 Å². The summed E-state index contributed by atoms with van der Waals surface area (Å²) in [5.74, 6) is 0.775. The van der Waals surface area contributed by atoms with Crippen molar-refractivity contribution in [3.63, 3.8) is 0 Å². The Morgan fingerprint density at radius 3 is 0.875 bits per heavy atom. The summed E-state index contributed by atoms with van der Waals surface area (Å²) < 4.78 is 16.7. The average molecular weight is 793 g/mol. The van der Waals surface area contributed by atoms with Gasteiger partial charge in [-0.25, -0.2) is 0 Å². The first-order chi connectivity index (χ1) is 27.2. The Morgan fingerprint density at radius 2 is 0.589 bits per heavy atom. The van der Waals surface area contributed by atoms with E-state index in [-0.39, 0.29) is 31.1 Å². The number of rotatable bonds is 44. The molecule has 0 N–H and O–H groups in total. The van der Waals surface area contributed by atoms with Crippen molar-refractivity contribution in [1.82, 2.24) is 0 Å². The molecule has 0 aromatic rings. The molecular formula is C50H96O6. The molecule has 0 saturated carbocycles. The SMILES string of the molecule is CCCCCCCCCCCCC(=O)O[C@H](COC(=O)CCCCCCCCCCCCCCCCCC(C)C)COC(=O)CCCCCCCCCC(C)C. The molecule has 332 valence electrons. The van der Waals surface area contributed by atoms with Crippen LogP contribution in [0.1, 0.15) is 272 Å². The molecule has 0 rings (SSSR count). The minimum atomic E-state index is -0.760. The number of hydrogen-bond acceptors (Lipinski definition) is 6. The minimum absolute atomic E-state index is 0.0645. The van der Waals surface area contributed by atoms with Gasteiger partial charge >= 0.3 is 17.9 Å². The zero-order valence-corrected chi connectivity index (χ0v) is 38.3. The van der Waals surface area contributed by atoms with E-state index in [1.165, 1.54) is 161 Å². The van der Waals surface area contributed by atoms with Gasteiger partial charge in [0, 0.05) is 19.3 Å². The summed E-state index contributed by atoms with van der Waals surface area (Å²) in [6.07, 6.45) is 42.4. The Bertz CT molecular complexity index is 854. The molecular weight excluding hydrogens is 697 g/mol.